The molecular weight excluding hydrogens is 368 g/mol. The molecule has 3 aromatic heterocycles. The lowest BCUT2D eigenvalue weighted by Gasteiger charge is -2.18. The number of aromatic nitrogens is 4. The van der Waals surface area contributed by atoms with Crippen molar-refractivity contribution in [2.75, 3.05) is 25.1 Å². The van der Waals surface area contributed by atoms with Gasteiger partial charge in [-0.05, 0) is 18.2 Å². The Balaban J connectivity index is 1.93. The number of rotatable bonds is 5. The molecule has 0 spiro atoms. The van der Waals surface area contributed by atoms with Crippen LogP contribution >= 0.6 is 0 Å². The van der Waals surface area contributed by atoms with Gasteiger partial charge in [0.25, 0.3) is 5.56 Å². The van der Waals surface area contributed by atoms with E-state index in [9.17, 15) is 10.1 Å². The molecule has 0 saturated carbocycles. The maximum atomic E-state index is 12.6. The molecule has 0 bridgehead atoms. The molecule has 0 unspecified atom stereocenters. The second-order valence-corrected chi connectivity index (χ2v) is 6.53. The molecule has 0 saturated heterocycles. The van der Waals surface area contributed by atoms with Crippen LogP contribution in [0.2, 0.25) is 0 Å². The van der Waals surface area contributed by atoms with E-state index in [0.29, 0.717) is 40.1 Å². The molecule has 3 heterocycles. The van der Waals surface area contributed by atoms with Gasteiger partial charge in [-0.3, -0.25) is 4.79 Å². The van der Waals surface area contributed by atoms with Crippen molar-refractivity contribution in [2.45, 2.75) is 0 Å². The van der Waals surface area contributed by atoms with Gasteiger partial charge in [-0.25, -0.2) is 9.97 Å². The minimum Gasteiger partial charge on any atom is -0.395 e. The Kier molecular flexibility index (Phi) is 4.81. The van der Waals surface area contributed by atoms with Gasteiger partial charge in [0.15, 0.2) is 5.65 Å². The smallest absolute Gasteiger partial charge is 0.260 e. The van der Waals surface area contributed by atoms with Crippen LogP contribution in [0.4, 0.5) is 5.82 Å². The Hall–Kier alpha value is -3.96. The number of para-hydroxylation sites is 1. The van der Waals surface area contributed by atoms with Gasteiger partial charge < -0.3 is 19.6 Å². The first-order valence-electron chi connectivity index (χ1n) is 9.00. The van der Waals surface area contributed by atoms with Crippen molar-refractivity contribution in [2.24, 2.45) is 0 Å². The van der Waals surface area contributed by atoms with Crippen LogP contribution in [0.25, 0.3) is 27.8 Å². The molecule has 0 atom stereocenters. The van der Waals surface area contributed by atoms with Crippen LogP contribution in [0.3, 0.4) is 0 Å². The minimum atomic E-state index is -0.264. The molecule has 0 fully saturated rings. The topological polar surface area (TPSA) is 111 Å². The average molecular weight is 386 g/mol. The summed E-state index contributed by atoms with van der Waals surface area (Å²) in [5.41, 5.74) is 2.77. The van der Waals surface area contributed by atoms with Gasteiger partial charge >= 0.3 is 0 Å². The maximum absolute atomic E-state index is 12.6. The number of nitriles is 1. The summed E-state index contributed by atoms with van der Waals surface area (Å²) in [7, 11) is 1.76. The Morgan fingerprint density at radius 1 is 1.28 bits per heavy atom. The molecule has 144 valence electrons. The van der Waals surface area contributed by atoms with Crippen molar-refractivity contribution in [3.8, 4) is 22.9 Å². The fourth-order valence-electron chi connectivity index (χ4n) is 3.32. The first kappa shape index (κ1) is 18.4. The molecule has 8 heteroatoms. The molecule has 4 aromatic rings. The highest BCUT2D eigenvalue weighted by Gasteiger charge is 2.18. The Morgan fingerprint density at radius 3 is 2.79 bits per heavy atom. The van der Waals surface area contributed by atoms with E-state index in [2.05, 4.69) is 21.0 Å². The highest BCUT2D eigenvalue weighted by atomic mass is 16.3. The van der Waals surface area contributed by atoms with Crippen LogP contribution in [0.1, 0.15) is 5.56 Å². The van der Waals surface area contributed by atoms with E-state index in [1.54, 1.807) is 24.2 Å². The van der Waals surface area contributed by atoms with Crippen molar-refractivity contribution in [3.63, 3.8) is 0 Å². The van der Waals surface area contributed by atoms with Crippen molar-refractivity contribution in [1.82, 2.24) is 19.5 Å². The number of aliphatic hydroxyl groups excluding tert-OH is 1. The van der Waals surface area contributed by atoms with Gasteiger partial charge in [-0.1, -0.05) is 18.2 Å². The summed E-state index contributed by atoms with van der Waals surface area (Å²) >= 11 is 0. The number of benzene rings is 1. The largest absolute Gasteiger partial charge is 0.395 e. The lowest BCUT2D eigenvalue weighted by molar-refractivity contribution is 0.304. The molecule has 0 aliphatic heterocycles. The summed E-state index contributed by atoms with van der Waals surface area (Å²) in [6.45, 7) is 0.314. The van der Waals surface area contributed by atoms with Gasteiger partial charge in [-0.2, -0.15) is 5.26 Å². The number of anilines is 1. The SMILES string of the molecule is CN(CCO)c1ncc(-c2cn(-c3ccccc3)c3nc[nH]c(=O)c23)cc1C#N. The zero-order chi connectivity index (χ0) is 20.4. The third kappa shape index (κ3) is 3.24. The number of aliphatic hydroxyl groups is 1. The number of aromatic amines is 1. The van der Waals surface area contributed by atoms with E-state index in [1.807, 2.05) is 41.1 Å². The summed E-state index contributed by atoms with van der Waals surface area (Å²) < 4.78 is 1.84. The van der Waals surface area contributed by atoms with Gasteiger partial charge in [0.1, 0.15) is 11.9 Å². The normalized spacial score (nSPS) is 10.8. The number of pyridine rings is 1. The number of fused-ring (bicyclic) bond motifs is 1. The Bertz CT molecular complexity index is 1270. The number of likely N-dealkylation sites (N-methyl/N-ethyl adjacent to an activating group) is 1. The molecular formula is C21H18N6O2. The van der Waals surface area contributed by atoms with Crippen molar-refractivity contribution < 1.29 is 5.11 Å². The molecule has 4 rings (SSSR count). The van der Waals surface area contributed by atoms with E-state index in [4.69, 9.17) is 5.11 Å². The number of H-pyrrole nitrogens is 1. The van der Waals surface area contributed by atoms with Crippen LogP contribution in [-0.4, -0.2) is 44.8 Å². The first-order valence-corrected chi connectivity index (χ1v) is 9.00. The molecule has 0 aliphatic rings. The van der Waals surface area contributed by atoms with Crippen molar-refractivity contribution in [1.29, 1.82) is 5.26 Å². The Labute approximate surface area is 166 Å². The molecule has 8 nitrogen and oxygen atoms in total. The lowest BCUT2D eigenvalue weighted by atomic mass is 10.1. The van der Waals surface area contributed by atoms with Gasteiger partial charge in [-0.15, -0.1) is 0 Å². The summed E-state index contributed by atoms with van der Waals surface area (Å²) in [6, 6.07) is 13.5. The van der Waals surface area contributed by atoms with E-state index >= 15 is 0 Å². The standard InChI is InChI=1S/C21H18N6O2/c1-26(7-8-28)19-14(10-22)9-15(11-23-19)17-12-27(16-5-3-2-4-6-16)20-18(17)21(29)25-13-24-20/h2-6,9,11-13,28H,7-8H2,1H3,(H,24,25,29). The van der Waals surface area contributed by atoms with Crippen LogP contribution in [0.15, 0.2) is 59.9 Å². The van der Waals surface area contributed by atoms with E-state index in [0.717, 1.165) is 5.69 Å². The van der Waals surface area contributed by atoms with E-state index in [-0.39, 0.29) is 12.2 Å². The minimum absolute atomic E-state index is 0.0452. The summed E-state index contributed by atoms with van der Waals surface area (Å²) in [6.07, 6.45) is 4.83. The fraction of sp³-hybridized carbons (Fsp3) is 0.143. The van der Waals surface area contributed by atoms with Gasteiger partial charge in [0, 0.05) is 42.8 Å². The molecule has 1 aromatic carbocycles. The quantitative estimate of drug-likeness (QED) is 0.543. The first-order chi connectivity index (χ1) is 14.1. The summed E-state index contributed by atoms with van der Waals surface area (Å²) in [5.74, 6) is 0.476. The number of nitrogens with zero attached hydrogens (tertiary/aromatic N) is 5. The van der Waals surface area contributed by atoms with E-state index in [1.165, 1.54) is 6.33 Å². The zero-order valence-corrected chi connectivity index (χ0v) is 15.7. The monoisotopic (exact) mass is 386 g/mol. The predicted octanol–water partition coefficient (Wildman–Crippen LogP) is 2.08. The molecule has 0 amide bonds. The predicted molar refractivity (Wildman–Crippen MR) is 110 cm³/mol. The third-order valence-electron chi connectivity index (χ3n) is 4.72. The van der Waals surface area contributed by atoms with Crippen molar-refractivity contribution >= 4 is 16.9 Å². The second-order valence-electron chi connectivity index (χ2n) is 6.53. The zero-order valence-electron chi connectivity index (χ0n) is 15.7. The summed E-state index contributed by atoms with van der Waals surface area (Å²) in [5, 5.41) is 19.2. The van der Waals surface area contributed by atoms with Crippen molar-refractivity contribution in [3.05, 3.63) is 71.0 Å². The number of hydrogen-bond donors (Lipinski definition) is 2. The highest BCUT2D eigenvalue weighted by molar-refractivity contribution is 5.94. The third-order valence-corrected chi connectivity index (χ3v) is 4.72. The van der Waals surface area contributed by atoms with Gasteiger partial charge in [0.2, 0.25) is 0 Å². The molecule has 0 aliphatic carbocycles. The molecule has 2 N–H and O–H groups in total. The maximum Gasteiger partial charge on any atom is 0.260 e. The molecule has 0 radical (unpaired) electrons. The van der Waals surface area contributed by atoms with Gasteiger partial charge in [0.05, 0.1) is 23.9 Å². The lowest BCUT2D eigenvalue weighted by Crippen LogP contribution is -2.23. The van der Waals surface area contributed by atoms with Crippen LogP contribution in [0, 0.1) is 11.3 Å². The number of hydrogen-bond acceptors (Lipinski definition) is 6. The Morgan fingerprint density at radius 2 is 2.07 bits per heavy atom. The molecule has 29 heavy (non-hydrogen) atoms. The van der Waals surface area contributed by atoms with E-state index < -0.39 is 0 Å². The average Bonchev–Trinajstić information content (AvgIpc) is 3.15. The van der Waals surface area contributed by atoms with Crippen LogP contribution in [0.5, 0.6) is 0 Å². The second kappa shape index (κ2) is 7.58. The highest BCUT2D eigenvalue weighted by Crippen LogP contribution is 2.31. The number of nitrogens with one attached hydrogen (secondary N) is 1. The summed E-state index contributed by atoms with van der Waals surface area (Å²) in [4.78, 5) is 25.7. The fourth-order valence-corrected chi connectivity index (χ4v) is 3.32. The van der Waals surface area contributed by atoms with Crippen LogP contribution < -0.4 is 10.5 Å². The van der Waals surface area contributed by atoms with Crippen LogP contribution in [-0.2, 0) is 0 Å².